The first-order chi connectivity index (χ1) is 14.4. The molecule has 1 saturated heterocycles. The van der Waals surface area contributed by atoms with Gasteiger partial charge in [0.15, 0.2) is 0 Å². The lowest BCUT2D eigenvalue weighted by atomic mass is 9.94. The molecule has 7 nitrogen and oxygen atoms in total. The SMILES string of the molecule is c1cc(-c2cncc3[nH]c(-c4n[nH]c5ccc(C6CCNCC6)nc45)cc23)co1. The van der Waals surface area contributed by atoms with Gasteiger partial charge >= 0.3 is 0 Å². The number of hydrogen-bond donors (Lipinski definition) is 3. The molecule has 0 aromatic carbocycles. The first-order valence-electron chi connectivity index (χ1n) is 9.92. The average molecular weight is 384 g/mol. The maximum atomic E-state index is 5.26. The molecule has 1 fully saturated rings. The highest BCUT2D eigenvalue weighted by atomic mass is 16.3. The van der Waals surface area contributed by atoms with Crippen LogP contribution in [0.4, 0.5) is 0 Å². The van der Waals surface area contributed by atoms with Crippen molar-refractivity contribution in [1.29, 1.82) is 0 Å². The molecule has 7 heteroatoms. The number of H-pyrrole nitrogens is 2. The number of aromatic amines is 2. The molecule has 0 atom stereocenters. The molecule has 0 unspecified atom stereocenters. The Morgan fingerprint density at radius 2 is 1.97 bits per heavy atom. The number of hydrogen-bond acceptors (Lipinski definition) is 5. The van der Waals surface area contributed by atoms with Gasteiger partial charge in [-0.3, -0.25) is 10.1 Å². The minimum absolute atomic E-state index is 0.503. The predicted molar refractivity (Wildman–Crippen MR) is 112 cm³/mol. The molecule has 0 aliphatic carbocycles. The van der Waals surface area contributed by atoms with Crippen molar-refractivity contribution >= 4 is 21.9 Å². The Morgan fingerprint density at radius 1 is 1.03 bits per heavy atom. The van der Waals surface area contributed by atoms with Crippen molar-refractivity contribution < 1.29 is 4.42 Å². The van der Waals surface area contributed by atoms with E-state index in [1.54, 1.807) is 12.5 Å². The van der Waals surface area contributed by atoms with Crippen LogP contribution in [0.1, 0.15) is 24.5 Å². The van der Waals surface area contributed by atoms with E-state index in [1.165, 1.54) is 0 Å². The second-order valence-corrected chi connectivity index (χ2v) is 7.57. The molecule has 29 heavy (non-hydrogen) atoms. The summed E-state index contributed by atoms with van der Waals surface area (Å²) in [6.07, 6.45) is 9.36. The maximum Gasteiger partial charge on any atom is 0.135 e. The molecule has 0 radical (unpaired) electrons. The number of furan rings is 1. The summed E-state index contributed by atoms with van der Waals surface area (Å²) in [4.78, 5) is 12.8. The van der Waals surface area contributed by atoms with E-state index in [2.05, 4.69) is 43.7 Å². The fourth-order valence-electron chi connectivity index (χ4n) is 4.27. The molecule has 1 aliphatic rings. The van der Waals surface area contributed by atoms with Crippen LogP contribution in [-0.4, -0.2) is 38.2 Å². The molecule has 0 bridgehead atoms. The molecule has 6 heterocycles. The summed E-state index contributed by atoms with van der Waals surface area (Å²) >= 11 is 0. The lowest BCUT2D eigenvalue weighted by molar-refractivity contribution is 0.454. The van der Waals surface area contributed by atoms with Crippen LogP contribution in [0.2, 0.25) is 0 Å². The third-order valence-corrected chi connectivity index (χ3v) is 5.82. The van der Waals surface area contributed by atoms with Crippen molar-refractivity contribution in [2.24, 2.45) is 0 Å². The molecular formula is C22H20N6O. The predicted octanol–water partition coefficient (Wildman–Crippen LogP) is 4.23. The number of fused-ring (bicyclic) bond motifs is 2. The van der Waals surface area contributed by atoms with E-state index < -0.39 is 0 Å². The minimum Gasteiger partial charge on any atom is -0.472 e. The summed E-state index contributed by atoms with van der Waals surface area (Å²) < 4.78 is 5.26. The summed E-state index contributed by atoms with van der Waals surface area (Å²) in [6.45, 7) is 2.10. The van der Waals surface area contributed by atoms with Crippen LogP contribution in [0.5, 0.6) is 0 Å². The van der Waals surface area contributed by atoms with E-state index in [4.69, 9.17) is 9.40 Å². The zero-order chi connectivity index (χ0) is 19.2. The van der Waals surface area contributed by atoms with E-state index in [-0.39, 0.29) is 0 Å². The summed E-state index contributed by atoms with van der Waals surface area (Å²) in [5.74, 6) is 0.503. The van der Waals surface area contributed by atoms with Gasteiger partial charge < -0.3 is 14.7 Å². The molecule has 5 aromatic rings. The van der Waals surface area contributed by atoms with Gasteiger partial charge in [-0.05, 0) is 50.2 Å². The molecule has 0 saturated carbocycles. The Kier molecular flexibility index (Phi) is 3.73. The van der Waals surface area contributed by atoms with Crippen LogP contribution in [-0.2, 0) is 0 Å². The average Bonchev–Trinajstić information content (AvgIpc) is 3.52. The van der Waals surface area contributed by atoms with E-state index >= 15 is 0 Å². The molecular weight excluding hydrogens is 364 g/mol. The largest absolute Gasteiger partial charge is 0.472 e. The first kappa shape index (κ1) is 16.5. The molecule has 3 N–H and O–H groups in total. The molecule has 0 amide bonds. The van der Waals surface area contributed by atoms with Gasteiger partial charge in [0, 0.05) is 34.3 Å². The van der Waals surface area contributed by atoms with Crippen molar-refractivity contribution in [3.8, 4) is 22.5 Å². The second kappa shape index (κ2) is 6.56. The lowest BCUT2D eigenvalue weighted by Gasteiger charge is -2.22. The zero-order valence-corrected chi connectivity index (χ0v) is 15.8. The molecule has 144 valence electrons. The van der Waals surface area contributed by atoms with Crippen LogP contribution in [0.3, 0.4) is 0 Å². The number of rotatable bonds is 3. The normalized spacial score (nSPS) is 15.4. The lowest BCUT2D eigenvalue weighted by Crippen LogP contribution is -2.27. The van der Waals surface area contributed by atoms with Gasteiger partial charge in [0.2, 0.25) is 0 Å². The van der Waals surface area contributed by atoms with Crippen LogP contribution < -0.4 is 5.32 Å². The highest BCUT2D eigenvalue weighted by molar-refractivity contribution is 5.99. The fourth-order valence-corrected chi connectivity index (χ4v) is 4.27. The number of pyridine rings is 2. The quantitative estimate of drug-likeness (QED) is 0.433. The van der Waals surface area contributed by atoms with Crippen LogP contribution in [0.15, 0.2) is 53.6 Å². The van der Waals surface area contributed by atoms with E-state index in [9.17, 15) is 0 Å². The van der Waals surface area contributed by atoms with Crippen LogP contribution >= 0.6 is 0 Å². The monoisotopic (exact) mass is 384 g/mol. The van der Waals surface area contributed by atoms with Gasteiger partial charge in [0.25, 0.3) is 0 Å². The third kappa shape index (κ3) is 2.74. The Bertz CT molecular complexity index is 1290. The molecule has 5 aromatic heterocycles. The maximum absolute atomic E-state index is 5.26. The summed E-state index contributed by atoms with van der Waals surface area (Å²) in [6, 6.07) is 8.29. The topological polar surface area (TPSA) is 95.4 Å². The fraction of sp³-hybridized carbons (Fsp3) is 0.227. The van der Waals surface area contributed by atoms with Gasteiger partial charge in [-0.15, -0.1) is 0 Å². The van der Waals surface area contributed by atoms with Crippen LogP contribution in [0, 0.1) is 0 Å². The van der Waals surface area contributed by atoms with Crippen molar-refractivity contribution in [2.45, 2.75) is 18.8 Å². The molecule has 0 spiro atoms. The van der Waals surface area contributed by atoms with Crippen molar-refractivity contribution in [3.05, 3.63) is 54.9 Å². The van der Waals surface area contributed by atoms with Crippen molar-refractivity contribution in [1.82, 2.24) is 30.5 Å². The Morgan fingerprint density at radius 3 is 2.83 bits per heavy atom. The van der Waals surface area contributed by atoms with Gasteiger partial charge in [-0.1, -0.05) is 0 Å². The van der Waals surface area contributed by atoms with Gasteiger partial charge in [0.1, 0.15) is 11.2 Å². The second-order valence-electron chi connectivity index (χ2n) is 7.57. The Hall–Kier alpha value is -3.45. The number of piperidine rings is 1. The Labute approximate surface area is 166 Å². The third-order valence-electron chi connectivity index (χ3n) is 5.82. The minimum atomic E-state index is 0.503. The zero-order valence-electron chi connectivity index (χ0n) is 15.8. The summed E-state index contributed by atoms with van der Waals surface area (Å²) in [7, 11) is 0. The smallest absolute Gasteiger partial charge is 0.135 e. The summed E-state index contributed by atoms with van der Waals surface area (Å²) in [5.41, 5.74) is 7.77. The van der Waals surface area contributed by atoms with E-state index in [1.807, 2.05) is 18.5 Å². The van der Waals surface area contributed by atoms with Gasteiger partial charge in [-0.25, -0.2) is 4.98 Å². The number of aromatic nitrogens is 5. The Balaban J connectivity index is 1.48. The van der Waals surface area contributed by atoms with Gasteiger partial charge in [-0.2, -0.15) is 5.10 Å². The van der Waals surface area contributed by atoms with Crippen molar-refractivity contribution in [3.63, 3.8) is 0 Å². The summed E-state index contributed by atoms with van der Waals surface area (Å²) in [5, 5.41) is 12.2. The first-order valence-corrected chi connectivity index (χ1v) is 9.92. The highest BCUT2D eigenvalue weighted by Gasteiger charge is 2.19. The van der Waals surface area contributed by atoms with Gasteiger partial charge in [0.05, 0.1) is 35.5 Å². The van der Waals surface area contributed by atoms with E-state index in [0.717, 1.165) is 76.1 Å². The van der Waals surface area contributed by atoms with E-state index in [0.29, 0.717) is 5.92 Å². The van der Waals surface area contributed by atoms with Crippen molar-refractivity contribution in [2.75, 3.05) is 13.1 Å². The van der Waals surface area contributed by atoms with Crippen LogP contribution in [0.25, 0.3) is 44.5 Å². The standard InChI is InChI=1S/C22H20N6O/c1-2-18-21(26-17(1)13-3-6-23-7-4-13)22(28-27-18)19-9-15-16(14-5-8-29-12-14)10-24-11-20(15)25-19/h1-2,5,8-13,23,25H,3-4,6-7H2,(H,27,28). The number of nitrogens with one attached hydrogen (secondary N) is 3. The molecule has 1 aliphatic heterocycles. The number of nitrogens with zero attached hydrogens (tertiary/aromatic N) is 3. The molecule has 6 rings (SSSR count). The highest BCUT2D eigenvalue weighted by Crippen LogP contribution is 2.34.